The lowest BCUT2D eigenvalue weighted by Gasteiger charge is -2.34. The van der Waals surface area contributed by atoms with Crippen molar-refractivity contribution in [2.24, 2.45) is 0 Å². The maximum Gasteiger partial charge on any atom is 0.0378 e. The van der Waals surface area contributed by atoms with Crippen LogP contribution in [0.5, 0.6) is 0 Å². The third kappa shape index (κ3) is 2.15. The number of rotatable bonds is 1. The minimum atomic E-state index is 0.339. The summed E-state index contributed by atoms with van der Waals surface area (Å²) in [5, 5.41) is 3.55. The summed E-state index contributed by atoms with van der Waals surface area (Å²) in [6, 6.07) is 7.18. The zero-order chi connectivity index (χ0) is 12.6. The standard InChI is InChI=1S/C17H25N/c1-17(2)10-11-18-16-9-8-14(12-15(16)17)13-6-4-3-5-7-13/h8-9,12-13,18H,3-7,10-11H2,1-2H3. The second-order valence-corrected chi connectivity index (χ2v) is 6.70. The molecule has 1 fully saturated rings. The molecular weight excluding hydrogens is 218 g/mol. The fourth-order valence-electron chi connectivity index (χ4n) is 3.61. The molecule has 0 aromatic heterocycles. The number of benzene rings is 1. The van der Waals surface area contributed by atoms with Crippen LogP contribution in [0.2, 0.25) is 0 Å². The molecule has 0 saturated heterocycles. The van der Waals surface area contributed by atoms with Crippen molar-refractivity contribution < 1.29 is 0 Å². The highest BCUT2D eigenvalue weighted by Gasteiger charge is 2.28. The maximum absolute atomic E-state index is 3.55. The van der Waals surface area contributed by atoms with Gasteiger partial charge in [-0.05, 0) is 47.8 Å². The molecule has 1 heterocycles. The van der Waals surface area contributed by atoms with E-state index in [-0.39, 0.29) is 0 Å². The van der Waals surface area contributed by atoms with Crippen LogP contribution in [0.3, 0.4) is 0 Å². The zero-order valence-electron chi connectivity index (χ0n) is 11.8. The van der Waals surface area contributed by atoms with Gasteiger partial charge in [-0.2, -0.15) is 0 Å². The van der Waals surface area contributed by atoms with Crippen LogP contribution in [0.25, 0.3) is 0 Å². The molecule has 0 spiro atoms. The minimum Gasteiger partial charge on any atom is -0.385 e. The highest BCUT2D eigenvalue weighted by atomic mass is 14.9. The van der Waals surface area contributed by atoms with Gasteiger partial charge in [-0.3, -0.25) is 0 Å². The van der Waals surface area contributed by atoms with E-state index in [4.69, 9.17) is 0 Å². The van der Waals surface area contributed by atoms with Crippen LogP contribution in [0.15, 0.2) is 18.2 Å². The Bertz CT molecular complexity index is 427. The van der Waals surface area contributed by atoms with Crippen molar-refractivity contribution in [3.63, 3.8) is 0 Å². The molecule has 1 N–H and O–H groups in total. The summed E-state index contributed by atoms with van der Waals surface area (Å²) in [4.78, 5) is 0. The monoisotopic (exact) mass is 243 g/mol. The first-order chi connectivity index (χ1) is 8.67. The molecule has 1 saturated carbocycles. The molecule has 0 radical (unpaired) electrons. The van der Waals surface area contributed by atoms with Crippen molar-refractivity contribution in [3.05, 3.63) is 29.3 Å². The summed E-state index contributed by atoms with van der Waals surface area (Å²) in [6.07, 6.45) is 8.31. The Kier molecular flexibility index (Phi) is 3.09. The molecule has 1 nitrogen and oxygen atoms in total. The van der Waals surface area contributed by atoms with Crippen LogP contribution < -0.4 is 5.32 Å². The van der Waals surface area contributed by atoms with Gasteiger partial charge in [-0.1, -0.05) is 45.2 Å². The molecule has 18 heavy (non-hydrogen) atoms. The molecule has 0 atom stereocenters. The average Bonchev–Trinajstić information content (AvgIpc) is 2.39. The van der Waals surface area contributed by atoms with Gasteiger partial charge in [-0.25, -0.2) is 0 Å². The Morgan fingerprint density at radius 2 is 1.89 bits per heavy atom. The first-order valence-corrected chi connectivity index (χ1v) is 7.55. The van der Waals surface area contributed by atoms with Crippen molar-refractivity contribution in [3.8, 4) is 0 Å². The number of hydrogen-bond donors (Lipinski definition) is 1. The third-order valence-corrected chi connectivity index (χ3v) is 4.91. The van der Waals surface area contributed by atoms with Crippen LogP contribution in [0.4, 0.5) is 5.69 Å². The highest BCUT2D eigenvalue weighted by molar-refractivity contribution is 5.58. The first kappa shape index (κ1) is 12.1. The van der Waals surface area contributed by atoms with E-state index in [9.17, 15) is 0 Å². The molecule has 3 rings (SSSR count). The molecule has 2 aliphatic rings. The second kappa shape index (κ2) is 4.60. The highest BCUT2D eigenvalue weighted by Crippen LogP contribution is 2.40. The number of hydrogen-bond acceptors (Lipinski definition) is 1. The van der Waals surface area contributed by atoms with Gasteiger partial charge in [-0.15, -0.1) is 0 Å². The number of anilines is 1. The van der Waals surface area contributed by atoms with Gasteiger partial charge in [0.15, 0.2) is 0 Å². The second-order valence-electron chi connectivity index (χ2n) is 6.70. The fourth-order valence-corrected chi connectivity index (χ4v) is 3.61. The molecule has 1 aromatic rings. The summed E-state index contributed by atoms with van der Waals surface area (Å²) in [6.45, 7) is 5.89. The Balaban J connectivity index is 1.93. The molecule has 0 amide bonds. The molecule has 1 heteroatoms. The average molecular weight is 243 g/mol. The van der Waals surface area contributed by atoms with Crippen LogP contribution in [0, 0.1) is 0 Å². The van der Waals surface area contributed by atoms with Gasteiger partial charge >= 0.3 is 0 Å². The lowest BCUT2D eigenvalue weighted by molar-refractivity contribution is 0.440. The largest absolute Gasteiger partial charge is 0.385 e. The Morgan fingerprint density at radius 1 is 1.11 bits per heavy atom. The SMILES string of the molecule is CC1(C)CCNc2ccc(C3CCCCC3)cc21. The predicted octanol–water partition coefficient (Wildman–Crippen LogP) is 4.83. The minimum absolute atomic E-state index is 0.339. The van der Waals surface area contributed by atoms with E-state index in [0.717, 1.165) is 12.5 Å². The molecule has 1 aliphatic heterocycles. The van der Waals surface area contributed by atoms with E-state index in [2.05, 4.69) is 37.4 Å². The zero-order valence-corrected chi connectivity index (χ0v) is 11.8. The molecule has 1 aliphatic carbocycles. The molecule has 1 aromatic carbocycles. The van der Waals surface area contributed by atoms with Gasteiger partial charge in [0.25, 0.3) is 0 Å². The molecule has 0 unspecified atom stereocenters. The van der Waals surface area contributed by atoms with E-state index >= 15 is 0 Å². The smallest absolute Gasteiger partial charge is 0.0378 e. The summed E-state index contributed by atoms with van der Waals surface area (Å²) < 4.78 is 0. The summed E-state index contributed by atoms with van der Waals surface area (Å²) >= 11 is 0. The van der Waals surface area contributed by atoms with Crippen molar-refractivity contribution in [1.82, 2.24) is 0 Å². The Labute approximate surface area is 111 Å². The topological polar surface area (TPSA) is 12.0 Å². The lowest BCUT2D eigenvalue weighted by Crippen LogP contribution is -2.28. The van der Waals surface area contributed by atoms with Gasteiger partial charge in [0, 0.05) is 12.2 Å². The van der Waals surface area contributed by atoms with Crippen LogP contribution >= 0.6 is 0 Å². The number of nitrogens with one attached hydrogen (secondary N) is 1. The van der Waals surface area contributed by atoms with Crippen molar-refractivity contribution in [1.29, 1.82) is 0 Å². The van der Waals surface area contributed by atoms with Crippen LogP contribution in [-0.4, -0.2) is 6.54 Å². The van der Waals surface area contributed by atoms with Gasteiger partial charge in [0.05, 0.1) is 0 Å². The van der Waals surface area contributed by atoms with Gasteiger partial charge < -0.3 is 5.32 Å². The van der Waals surface area contributed by atoms with Crippen LogP contribution in [0.1, 0.15) is 69.4 Å². The molecule has 98 valence electrons. The van der Waals surface area contributed by atoms with Crippen LogP contribution in [-0.2, 0) is 5.41 Å². The van der Waals surface area contributed by atoms with Gasteiger partial charge in [0.1, 0.15) is 0 Å². The van der Waals surface area contributed by atoms with E-state index in [0.29, 0.717) is 5.41 Å². The van der Waals surface area contributed by atoms with E-state index in [1.807, 2.05) is 0 Å². The van der Waals surface area contributed by atoms with E-state index < -0.39 is 0 Å². The quantitative estimate of drug-likeness (QED) is 0.745. The summed E-state index contributed by atoms with van der Waals surface area (Å²) in [5.74, 6) is 0.821. The van der Waals surface area contributed by atoms with E-state index in [1.165, 1.54) is 49.8 Å². The van der Waals surface area contributed by atoms with Gasteiger partial charge in [0.2, 0.25) is 0 Å². The third-order valence-electron chi connectivity index (χ3n) is 4.91. The van der Waals surface area contributed by atoms with E-state index in [1.54, 1.807) is 5.56 Å². The van der Waals surface area contributed by atoms with Crippen molar-refractivity contribution in [2.75, 3.05) is 11.9 Å². The normalized spacial score (nSPS) is 23.2. The van der Waals surface area contributed by atoms with Crippen molar-refractivity contribution in [2.45, 2.75) is 63.7 Å². The molecular formula is C17H25N. The Hall–Kier alpha value is -0.980. The first-order valence-electron chi connectivity index (χ1n) is 7.55. The predicted molar refractivity (Wildman–Crippen MR) is 78.4 cm³/mol. The van der Waals surface area contributed by atoms with Crippen molar-refractivity contribution >= 4 is 5.69 Å². The number of fused-ring (bicyclic) bond motifs is 1. The fraction of sp³-hybridized carbons (Fsp3) is 0.647. The summed E-state index contributed by atoms with van der Waals surface area (Å²) in [7, 11) is 0. The lowest BCUT2D eigenvalue weighted by atomic mass is 9.75. The summed E-state index contributed by atoms with van der Waals surface area (Å²) in [5.41, 5.74) is 4.83. The maximum atomic E-state index is 3.55. The Morgan fingerprint density at radius 3 is 2.67 bits per heavy atom. The molecule has 0 bridgehead atoms.